The van der Waals surface area contributed by atoms with Crippen molar-refractivity contribution in [3.05, 3.63) is 0 Å². The first-order valence-corrected chi connectivity index (χ1v) is 5.46. The van der Waals surface area contributed by atoms with Gasteiger partial charge in [0.1, 0.15) is 0 Å². The zero-order chi connectivity index (χ0) is 10.6. The maximum absolute atomic E-state index is 11.7. The lowest BCUT2D eigenvalue weighted by Gasteiger charge is -2.04. The van der Waals surface area contributed by atoms with Crippen LogP contribution in [0.2, 0.25) is 0 Å². The van der Waals surface area contributed by atoms with E-state index in [0.717, 1.165) is 10.9 Å². The Balaban J connectivity index is 2.15. The summed E-state index contributed by atoms with van der Waals surface area (Å²) < 4.78 is 35.2. The summed E-state index contributed by atoms with van der Waals surface area (Å²) in [6.07, 6.45) is -4.72. The fraction of sp³-hybridized carbons (Fsp3) is 0.875. The molecular formula is C8H13F3N2S. The van der Waals surface area contributed by atoms with E-state index in [2.05, 4.69) is 10.3 Å². The number of rotatable bonds is 3. The van der Waals surface area contributed by atoms with Crippen molar-refractivity contribution in [1.82, 2.24) is 5.32 Å². The molecule has 82 valence electrons. The molecule has 1 unspecified atom stereocenters. The molecule has 1 aliphatic rings. The van der Waals surface area contributed by atoms with Gasteiger partial charge in [-0.3, -0.25) is 4.99 Å². The van der Waals surface area contributed by atoms with E-state index in [1.165, 1.54) is 0 Å². The van der Waals surface area contributed by atoms with Gasteiger partial charge in [-0.05, 0) is 13.3 Å². The molecule has 1 N–H and O–H groups in total. The summed E-state index contributed by atoms with van der Waals surface area (Å²) in [4.78, 5) is 4.05. The largest absolute Gasteiger partial charge is 0.389 e. The Morgan fingerprint density at radius 1 is 1.57 bits per heavy atom. The highest BCUT2D eigenvalue weighted by molar-refractivity contribution is 8.14. The summed E-state index contributed by atoms with van der Waals surface area (Å²) in [5.74, 6) is 0.943. The summed E-state index contributed by atoms with van der Waals surface area (Å²) in [6.45, 7) is 2.27. The molecule has 6 heteroatoms. The second kappa shape index (κ2) is 4.91. The molecule has 0 spiro atoms. The maximum Gasteiger partial charge on any atom is 0.389 e. The van der Waals surface area contributed by atoms with Crippen LogP contribution in [0, 0.1) is 0 Å². The van der Waals surface area contributed by atoms with Crippen molar-refractivity contribution in [1.29, 1.82) is 0 Å². The molecular weight excluding hydrogens is 213 g/mol. The van der Waals surface area contributed by atoms with Gasteiger partial charge in [-0.2, -0.15) is 13.2 Å². The van der Waals surface area contributed by atoms with Crippen molar-refractivity contribution in [2.24, 2.45) is 4.99 Å². The number of alkyl halides is 3. The van der Waals surface area contributed by atoms with Crippen LogP contribution in [0.5, 0.6) is 0 Å². The number of amidine groups is 1. The molecule has 0 aromatic carbocycles. The zero-order valence-electron chi connectivity index (χ0n) is 7.90. The summed E-state index contributed by atoms with van der Waals surface area (Å²) in [5.41, 5.74) is 0. The third-order valence-corrected chi connectivity index (χ3v) is 2.90. The molecule has 0 saturated carbocycles. The Bertz CT molecular complexity index is 215. The van der Waals surface area contributed by atoms with Gasteiger partial charge >= 0.3 is 6.18 Å². The van der Waals surface area contributed by atoms with Gasteiger partial charge in [0.2, 0.25) is 0 Å². The number of aliphatic imine (C=N–C) groups is 1. The van der Waals surface area contributed by atoms with Gasteiger partial charge in [-0.25, -0.2) is 0 Å². The van der Waals surface area contributed by atoms with Crippen LogP contribution in [0.1, 0.15) is 19.8 Å². The van der Waals surface area contributed by atoms with Crippen LogP contribution in [0.25, 0.3) is 0 Å². The Labute approximate surface area is 85.4 Å². The van der Waals surface area contributed by atoms with E-state index in [1.54, 1.807) is 11.8 Å². The van der Waals surface area contributed by atoms with E-state index in [0.29, 0.717) is 6.04 Å². The van der Waals surface area contributed by atoms with Crippen molar-refractivity contribution in [3.63, 3.8) is 0 Å². The van der Waals surface area contributed by atoms with Crippen LogP contribution in [-0.4, -0.2) is 29.7 Å². The average Bonchev–Trinajstić information content (AvgIpc) is 2.44. The Morgan fingerprint density at radius 3 is 2.79 bits per heavy atom. The van der Waals surface area contributed by atoms with Crippen LogP contribution in [-0.2, 0) is 0 Å². The van der Waals surface area contributed by atoms with Crippen molar-refractivity contribution >= 4 is 16.9 Å². The molecule has 1 fully saturated rings. The minimum atomic E-state index is -4.05. The highest BCUT2D eigenvalue weighted by atomic mass is 32.2. The normalized spacial score (nSPS) is 25.4. The first kappa shape index (κ1) is 11.7. The Kier molecular flexibility index (Phi) is 4.10. The van der Waals surface area contributed by atoms with E-state index in [4.69, 9.17) is 0 Å². The predicted molar refractivity (Wildman–Crippen MR) is 52.6 cm³/mol. The highest BCUT2D eigenvalue weighted by Gasteiger charge is 2.25. The lowest BCUT2D eigenvalue weighted by molar-refractivity contribution is -0.134. The van der Waals surface area contributed by atoms with E-state index in [1.807, 2.05) is 6.92 Å². The molecule has 1 aliphatic heterocycles. The first-order chi connectivity index (χ1) is 6.47. The molecule has 1 atom stereocenters. The van der Waals surface area contributed by atoms with Crippen LogP contribution < -0.4 is 5.32 Å². The summed E-state index contributed by atoms with van der Waals surface area (Å²) in [7, 11) is 0. The SMILES string of the molecule is CC1CSC(=NCCCC(F)(F)F)N1. The molecule has 0 aliphatic carbocycles. The quantitative estimate of drug-likeness (QED) is 0.747. The van der Waals surface area contributed by atoms with Gasteiger partial charge in [0.25, 0.3) is 0 Å². The molecule has 1 heterocycles. The number of hydrogen-bond acceptors (Lipinski definition) is 2. The molecule has 14 heavy (non-hydrogen) atoms. The van der Waals surface area contributed by atoms with Gasteiger partial charge in [-0.1, -0.05) is 11.8 Å². The molecule has 0 aromatic rings. The lowest BCUT2D eigenvalue weighted by atomic mass is 10.3. The lowest BCUT2D eigenvalue weighted by Crippen LogP contribution is -2.23. The van der Waals surface area contributed by atoms with Gasteiger partial charge in [0.05, 0.1) is 0 Å². The number of thioether (sulfide) groups is 1. The van der Waals surface area contributed by atoms with E-state index in [-0.39, 0.29) is 13.0 Å². The Hall–Kier alpha value is -0.390. The second-order valence-corrected chi connectivity index (χ2v) is 4.27. The van der Waals surface area contributed by atoms with Crippen LogP contribution in [0.3, 0.4) is 0 Å². The van der Waals surface area contributed by atoms with Gasteiger partial charge < -0.3 is 5.32 Å². The monoisotopic (exact) mass is 226 g/mol. The summed E-state index contributed by atoms with van der Waals surface area (Å²) in [5, 5.41) is 3.86. The predicted octanol–water partition coefficient (Wildman–Crippen LogP) is 2.41. The van der Waals surface area contributed by atoms with Gasteiger partial charge in [0, 0.05) is 24.8 Å². The van der Waals surface area contributed by atoms with Gasteiger partial charge in [-0.15, -0.1) is 0 Å². The second-order valence-electron chi connectivity index (χ2n) is 3.26. The van der Waals surface area contributed by atoms with E-state index in [9.17, 15) is 13.2 Å². The number of hydrogen-bond donors (Lipinski definition) is 1. The third kappa shape index (κ3) is 4.74. The van der Waals surface area contributed by atoms with E-state index >= 15 is 0 Å². The molecule has 0 bridgehead atoms. The maximum atomic E-state index is 11.7. The summed E-state index contributed by atoms with van der Waals surface area (Å²) in [6, 6.07) is 0.376. The molecule has 1 saturated heterocycles. The molecule has 2 nitrogen and oxygen atoms in total. The molecule has 1 rings (SSSR count). The third-order valence-electron chi connectivity index (χ3n) is 1.71. The molecule has 0 radical (unpaired) electrons. The number of nitrogens with zero attached hydrogens (tertiary/aromatic N) is 1. The van der Waals surface area contributed by atoms with Crippen molar-refractivity contribution in [2.75, 3.05) is 12.3 Å². The van der Waals surface area contributed by atoms with Crippen molar-refractivity contribution in [2.45, 2.75) is 32.0 Å². The smallest absolute Gasteiger partial charge is 0.362 e. The van der Waals surface area contributed by atoms with Crippen molar-refractivity contribution < 1.29 is 13.2 Å². The first-order valence-electron chi connectivity index (χ1n) is 4.48. The minimum absolute atomic E-state index is 0.0730. The fourth-order valence-corrected chi connectivity index (χ4v) is 2.01. The zero-order valence-corrected chi connectivity index (χ0v) is 8.71. The van der Waals surface area contributed by atoms with E-state index < -0.39 is 12.6 Å². The highest BCUT2D eigenvalue weighted by Crippen LogP contribution is 2.21. The van der Waals surface area contributed by atoms with Crippen molar-refractivity contribution in [3.8, 4) is 0 Å². The van der Waals surface area contributed by atoms with Crippen LogP contribution >= 0.6 is 11.8 Å². The molecule has 0 aromatic heterocycles. The number of halogens is 3. The van der Waals surface area contributed by atoms with Crippen LogP contribution in [0.15, 0.2) is 4.99 Å². The average molecular weight is 226 g/mol. The standard InChI is InChI=1S/C8H13F3N2S/c1-6-5-14-7(13-6)12-4-2-3-8(9,10)11/h6H,2-5H2,1H3,(H,12,13). The Morgan fingerprint density at radius 2 is 2.29 bits per heavy atom. The van der Waals surface area contributed by atoms with Gasteiger partial charge in [0.15, 0.2) is 5.17 Å². The fourth-order valence-electron chi connectivity index (χ4n) is 1.05. The number of nitrogens with one attached hydrogen (secondary N) is 1. The van der Waals surface area contributed by atoms with Crippen LogP contribution in [0.4, 0.5) is 13.2 Å². The topological polar surface area (TPSA) is 24.4 Å². The minimum Gasteiger partial charge on any atom is -0.362 e. The summed E-state index contributed by atoms with van der Waals surface area (Å²) >= 11 is 1.57. The molecule has 0 amide bonds.